The number of rotatable bonds is 8. The van der Waals surface area contributed by atoms with Crippen LogP contribution in [0.15, 0.2) is 42.9 Å². The number of hydrogen-bond donors (Lipinski definition) is 1. The summed E-state index contributed by atoms with van der Waals surface area (Å²) < 4.78 is 7.39. The lowest BCUT2D eigenvalue weighted by molar-refractivity contribution is -0.133. The van der Waals surface area contributed by atoms with Crippen LogP contribution in [0.5, 0.6) is 5.75 Å². The average Bonchev–Trinajstić information content (AvgIpc) is 3.29. The molecule has 1 aliphatic rings. The molecular weight excluding hydrogens is 408 g/mol. The van der Waals surface area contributed by atoms with E-state index in [2.05, 4.69) is 15.2 Å². The van der Waals surface area contributed by atoms with Gasteiger partial charge in [0.05, 0.1) is 6.61 Å². The summed E-state index contributed by atoms with van der Waals surface area (Å²) in [5.74, 6) is 0.889. The predicted octanol–water partition coefficient (Wildman–Crippen LogP) is 2.52. The molecule has 2 amide bonds. The lowest BCUT2D eigenvalue weighted by Crippen LogP contribution is -2.36. The molecule has 1 saturated heterocycles. The van der Waals surface area contributed by atoms with E-state index in [9.17, 15) is 9.59 Å². The van der Waals surface area contributed by atoms with E-state index < -0.39 is 5.91 Å². The SMILES string of the molecule is Cc1ccc(OCCCN2CCCCC2=O)cc1-c1ccc(-n2cnnc2C(N)=O)nc1. The number of nitrogens with zero attached hydrogens (tertiary/aromatic N) is 5. The first-order valence-electron chi connectivity index (χ1n) is 10.7. The van der Waals surface area contributed by atoms with Crippen LogP contribution in [0.25, 0.3) is 16.9 Å². The zero-order chi connectivity index (χ0) is 22.5. The quantitative estimate of drug-likeness (QED) is 0.545. The number of benzene rings is 1. The second-order valence-electron chi connectivity index (χ2n) is 7.81. The summed E-state index contributed by atoms with van der Waals surface area (Å²) in [5.41, 5.74) is 8.35. The first-order chi connectivity index (χ1) is 15.5. The molecule has 1 aliphatic heterocycles. The van der Waals surface area contributed by atoms with E-state index in [1.54, 1.807) is 12.3 Å². The Bertz CT molecular complexity index is 1110. The number of pyridine rings is 1. The monoisotopic (exact) mass is 434 g/mol. The van der Waals surface area contributed by atoms with Crippen molar-refractivity contribution in [2.24, 2.45) is 5.73 Å². The number of nitrogens with two attached hydrogens (primary N) is 1. The highest BCUT2D eigenvalue weighted by atomic mass is 16.5. The van der Waals surface area contributed by atoms with Gasteiger partial charge in [0, 0.05) is 31.3 Å². The summed E-state index contributed by atoms with van der Waals surface area (Å²) >= 11 is 0. The molecule has 4 rings (SSSR count). The maximum atomic E-state index is 11.9. The van der Waals surface area contributed by atoms with E-state index in [0.717, 1.165) is 54.8 Å². The molecule has 0 atom stereocenters. The van der Waals surface area contributed by atoms with Crippen LogP contribution in [0.2, 0.25) is 0 Å². The summed E-state index contributed by atoms with van der Waals surface area (Å²) in [7, 11) is 0. The largest absolute Gasteiger partial charge is 0.494 e. The average molecular weight is 435 g/mol. The Labute approximate surface area is 186 Å². The van der Waals surface area contributed by atoms with Crippen LogP contribution in [-0.4, -0.2) is 56.2 Å². The molecule has 2 N–H and O–H groups in total. The van der Waals surface area contributed by atoms with Crippen molar-refractivity contribution in [3.63, 3.8) is 0 Å². The molecule has 0 radical (unpaired) electrons. The van der Waals surface area contributed by atoms with Crippen molar-refractivity contribution in [2.75, 3.05) is 19.7 Å². The van der Waals surface area contributed by atoms with Crippen LogP contribution >= 0.6 is 0 Å². The predicted molar refractivity (Wildman–Crippen MR) is 118 cm³/mol. The van der Waals surface area contributed by atoms with E-state index >= 15 is 0 Å². The smallest absolute Gasteiger partial charge is 0.287 e. The van der Waals surface area contributed by atoms with Crippen LogP contribution in [0.1, 0.15) is 41.9 Å². The molecule has 9 heteroatoms. The van der Waals surface area contributed by atoms with Crippen LogP contribution in [0.3, 0.4) is 0 Å². The van der Waals surface area contributed by atoms with E-state index in [0.29, 0.717) is 18.8 Å². The topological polar surface area (TPSA) is 116 Å². The lowest BCUT2D eigenvalue weighted by atomic mass is 10.0. The minimum atomic E-state index is -0.668. The number of primary amides is 1. The molecule has 3 aromatic rings. The Morgan fingerprint density at radius 2 is 2.09 bits per heavy atom. The maximum absolute atomic E-state index is 11.9. The number of aryl methyl sites for hydroxylation is 1. The first-order valence-corrected chi connectivity index (χ1v) is 10.7. The van der Waals surface area contributed by atoms with Gasteiger partial charge in [0.1, 0.15) is 17.9 Å². The van der Waals surface area contributed by atoms with Gasteiger partial charge in [-0.1, -0.05) is 6.07 Å². The van der Waals surface area contributed by atoms with Crippen LogP contribution in [0, 0.1) is 6.92 Å². The van der Waals surface area contributed by atoms with Gasteiger partial charge in [0.2, 0.25) is 11.7 Å². The number of hydrogen-bond acceptors (Lipinski definition) is 6. The number of ether oxygens (including phenoxy) is 1. The highest BCUT2D eigenvalue weighted by molar-refractivity contribution is 5.89. The molecule has 2 aromatic heterocycles. The van der Waals surface area contributed by atoms with E-state index in [1.807, 2.05) is 36.1 Å². The normalized spacial score (nSPS) is 13.9. The second-order valence-corrected chi connectivity index (χ2v) is 7.81. The van der Waals surface area contributed by atoms with Crippen LogP contribution in [0.4, 0.5) is 0 Å². The number of carbonyl (C=O) groups excluding carboxylic acids is 2. The first kappa shape index (κ1) is 21.5. The van der Waals surface area contributed by atoms with Gasteiger partial charge in [-0.3, -0.25) is 14.2 Å². The minimum absolute atomic E-state index is 0.0306. The minimum Gasteiger partial charge on any atom is -0.494 e. The summed E-state index contributed by atoms with van der Waals surface area (Å²) in [4.78, 5) is 29.7. The van der Waals surface area contributed by atoms with Crippen molar-refractivity contribution in [2.45, 2.75) is 32.6 Å². The van der Waals surface area contributed by atoms with E-state index in [4.69, 9.17) is 10.5 Å². The summed E-state index contributed by atoms with van der Waals surface area (Å²) in [5, 5.41) is 7.46. The van der Waals surface area contributed by atoms with Crippen molar-refractivity contribution < 1.29 is 14.3 Å². The highest BCUT2D eigenvalue weighted by Gasteiger charge is 2.17. The van der Waals surface area contributed by atoms with Gasteiger partial charge in [0.25, 0.3) is 5.91 Å². The molecule has 1 fully saturated rings. The van der Waals surface area contributed by atoms with Gasteiger partial charge in [-0.15, -0.1) is 10.2 Å². The molecule has 1 aromatic carbocycles. The molecule has 0 bridgehead atoms. The number of carbonyl (C=O) groups is 2. The zero-order valence-electron chi connectivity index (χ0n) is 18.0. The fourth-order valence-corrected chi connectivity index (χ4v) is 3.80. The van der Waals surface area contributed by atoms with Crippen LogP contribution in [-0.2, 0) is 4.79 Å². The van der Waals surface area contributed by atoms with Gasteiger partial charge in [-0.05, 0) is 61.6 Å². The van der Waals surface area contributed by atoms with Crippen molar-refractivity contribution in [1.82, 2.24) is 24.6 Å². The third-order valence-electron chi connectivity index (χ3n) is 5.55. The van der Waals surface area contributed by atoms with Crippen molar-refractivity contribution in [3.8, 4) is 22.7 Å². The Morgan fingerprint density at radius 1 is 1.22 bits per heavy atom. The van der Waals surface area contributed by atoms with Gasteiger partial charge < -0.3 is 15.4 Å². The highest BCUT2D eigenvalue weighted by Crippen LogP contribution is 2.28. The number of piperidine rings is 1. The van der Waals surface area contributed by atoms with Crippen molar-refractivity contribution in [3.05, 3.63) is 54.2 Å². The number of amides is 2. The van der Waals surface area contributed by atoms with E-state index in [-0.39, 0.29) is 11.7 Å². The molecule has 0 unspecified atom stereocenters. The van der Waals surface area contributed by atoms with Gasteiger partial charge in [-0.2, -0.15) is 0 Å². The Kier molecular flexibility index (Phi) is 6.44. The Morgan fingerprint density at radius 3 is 2.84 bits per heavy atom. The fourth-order valence-electron chi connectivity index (χ4n) is 3.80. The molecule has 32 heavy (non-hydrogen) atoms. The number of aromatic nitrogens is 4. The Hall–Kier alpha value is -3.75. The molecule has 166 valence electrons. The maximum Gasteiger partial charge on any atom is 0.287 e. The zero-order valence-corrected chi connectivity index (χ0v) is 18.0. The fraction of sp³-hybridized carbons (Fsp3) is 0.348. The van der Waals surface area contributed by atoms with Crippen molar-refractivity contribution in [1.29, 1.82) is 0 Å². The second kappa shape index (κ2) is 9.59. The summed E-state index contributed by atoms with van der Waals surface area (Å²) in [6, 6.07) is 9.65. The molecule has 0 saturated carbocycles. The summed E-state index contributed by atoms with van der Waals surface area (Å²) in [6.45, 7) is 4.17. The summed E-state index contributed by atoms with van der Waals surface area (Å²) in [6.07, 6.45) is 6.68. The van der Waals surface area contributed by atoms with Gasteiger partial charge >= 0.3 is 0 Å². The van der Waals surface area contributed by atoms with Gasteiger partial charge in [-0.25, -0.2) is 4.98 Å². The molecule has 9 nitrogen and oxygen atoms in total. The standard InChI is InChI=1S/C23H26N6O3/c1-16-6-8-18(32-12-4-11-28-10-3-2-5-21(28)30)13-19(16)17-7-9-20(25-14-17)29-15-26-27-23(29)22(24)31/h6-9,13-15H,2-5,10-12H2,1H3,(H2,24,31). The third-order valence-corrected chi connectivity index (χ3v) is 5.55. The molecule has 3 heterocycles. The molecular formula is C23H26N6O3. The number of likely N-dealkylation sites (tertiary alicyclic amines) is 1. The lowest BCUT2D eigenvalue weighted by Gasteiger charge is -2.26. The van der Waals surface area contributed by atoms with Gasteiger partial charge in [0.15, 0.2) is 0 Å². The third kappa shape index (κ3) is 4.77. The van der Waals surface area contributed by atoms with Crippen molar-refractivity contribution >= 4 is 11.8 Å². The Balaban J connectivity index is 1.41. The molecule has 0 spiro atoms. The van der Waals surface area contributed by atoms with Crippen LogP contribution < -0.4 is 10.5 Å². The van der Waals surface area contributed by atoms with E-state index in [1.165, 1.54) is 10.9 Å². The molecule has 0 aliphatic carbocycles.